The summed E-state index contributed by atoms with van der Waals surface area (Å²) < 4.78 is 1.47. The third-order valence-electron chi connectivity index (χ3n) is 4.31. The topological polar surface area (TPSA) is 125 Å². The predicted octanol–water partition coefficient (Wildman–Crippen LogP) is 2.70. The number of nitrogen functional groups attached to an aromatic ring is 2. The van der Waals surface area contributed by atoms with E-state index in [4.69, 9.17) is 11.5 Å². The molecule has 5 N–H and O–H groups in total. The maximum Gasteiger partial charge on any atom is 0.272 e. The highest BCUT2D eigenvalue weighted by Gasteiger charge is 2.17. The molecule has 0 fully saturated rings. The molecule has 8 heteroatoms. The van der Waals surface area contributed by atoms with E-state index in [1.54, 1.807) is 0 Å². The van der Waals surface area contributed by atoms with Gasteiger partial charge in [0, 0.05) is 5.69 Å². The highest BCUT2D eigenvalue weighted by molar-refractivity contribution is 5.86. The van der Waals surface area contributed by atoms with Gasteiger partial charge in [-0.3, -0.25) is 4.79 Å². The molecule has 2 aromatic carbocycles. The van der Waals surface area contributed by atoms with Gasteiger partial charge in [-0.15, -0.1) is 0 Å². The zero-order valence-corrected chi connectivity index (χ0v) is 15.5. The quantitative estimate of drug-likeness (QED) is 0.504. The molecule has 0 unspecified atom stereocenters. The molecule has 0 saturated heterocycles. The average molecular weight is 373 g/mol. The van der Waals surface area contributed by atoms with Gasteiger partial charge in [-0.05, 0) is 49.2 Å². The second kappa shape index (κ2) is 6.66. The minimum atomic E-state index is -0.372. The summed E-state index contributed by atoms with van der Waals surface area (Å²) >= 11 is 0. The molecule has 0 saturated carbocycles. The van der Waals surface area contributed by atoms with Crippen LogP contribution in [0.5, 0.6) is 0 Å². The number of benzene rings is 2. The van der Waals surface area contributed by atoms with E-state index < -0.39 is 0 Å². The molecule has 4 aromatic rings. The average Bonchev–Trinajstić information content (AvgIpc) is 2.61. The molecule has 0 aliphatic carbocycles. The first-order chi connectivity index (χ1) is 13.4. The van der Waals surface area contributed by atoms with Crippen molar-refractivity contribution in [3.05, 3.63) is 70.0 Å². The van der Waals surface area contributed by atoms with Crippen LogP contribution in [0.15, 0.2) is 53.3 Å². The first-order valence-electron chi connectivity index (χ1n) is 8.69. The second-order valence-electron chi connectivity index (χ2n) is 6.58. The lowest BCUT2D eigenvalue weighted by molar-refractivity contribution is 0.963. The van der Waals surface area contributed by atoms with Gasteiger partial charge in [0.05, 0.1) is 5.69 Å². The Kier molecular flexibility index (Phi) is 4.15. The van der Waals surface area contributed by atoms with Crippen molar-refractivity contribution in [3.63, 3.8) is 0 Å². The molecule has 2 aromatic heterocycles. The minimum Gasteiger partial charge on any atom is -0.383 e. The van der Waals surface area contributed by atoms with Crippen molar-refractivity contribution in [1.82, 2.24) is 19.5 Å². The summed E-state index contributed by atoms with van der Waals surface area (Å²) in [6.07, 6.45) is 0. The van der Waals surface area contributed by atoms with Crippen LogP contribution in [0.3, 0.4) is 0 Å². The summed E-state index contributed by atoms with van der Waals surface area (Å²) in [7, 11) is 0. The standard InChI is InChI=1S/C20H19N7O/c1-11-5-3-7-13(9-11)23-20-26-17-15(16(21)24-19(22)25-17)18(28)27(20)14-8-4-6-12(2)10-14/h3-10H,1-2H3,(H5,21,22,23,24,25,26). The molecule has 0 atom stereocenters. The Hall–Kier alpha value is -3.94. The van der Waals surface area contributed by atoms with Gasteiger partial charge in [-0.25, -0.2) is 4.57 Å². The first kappa shape index (κ1) is 17.5. The molecule has 0 bridgehead atoms. The molecule has 0 aliphatic heterocycles. The minimum absolute atomic E-state index is 0.00325. The number of fused-ring (bicyclic) bond motifs is 1. The third-order valence-corrected chi connectivity index (χ3v) is 4.31. The maximum atomic E-state index is 13.3. The van der Waals surface area contributed by atoms with Gasteiger partial charge >= 0.3 is 0 Å². The molecule has 28 heavy (non-hydrogen) atoms. The lowest BCUT2D eigenvalue weighted by Gasteiger charge is -2.16. The van der Waals surface area contributed by atoms with Gasteiger partial charge in [0.25, 0.3) is 5.56 Å². The highest BCUT2D eigenvalue weighted by Crippen LogP contribution is 2.22. The number of aromatic nitrogens is 4. The molecule has 0 radical (unpaired) electrons. The monoisotopic (exact) mass is 373 g/mol. The van der Waals surface area contributed by atoms with Crippen LogP contribution >= 0.6 is 0 Å². The maximum absolute atomic E-state index is 13.3. The molecule has 0 amide bonds. The van der Waals surface area contributed by atoms with Crippen LogP contribution in [0, 0.1) is 13.8 Å². The van der Waals surface area contributed by atoms with Gasteiger partial charge in [0.2, 0.25) is 11.9 Å². The van der Waals surface area contributed by atoms with Crippen LogP contribution < -0.4 is 22.3 Å². The van der Waals surface area contributed by atoms with E-state index in [0.29, 0.717) is 11.6 Å². The van der Waals surface area contributed by atoms with Crippen molar-refractivity contribution >= 4 is 34.4 Å². The van der Waals surface area contributed by atoms with Crippen molar-refractivity contribution in [2.24, 2.45) is 0 Å². The Morgan fingerprint density at radius 2 is 1.64 bits per heavy atom. The van der Waals surface area contributed by atoms with Crippen molar-refractivity contribution in [1.29, 1.82) is 0 Å². The molecular weight excluding hydrogens is 354 g/mol. The number of aryl methyl sites for hydroxylation is 2. The zero-order chi connectivity index (χ0) is 19.8. The smallest absolute Gasteiger partial charge is 0.272 e. The largest absolute Gasteiger partial charge is 0.383 e. The molecular formula is C20H19N7O. The van der Waals surface area contributed by atoms with Crippen LogP contribution in [-0.4, -0.2) is 19.5 Å². The van der Waals surface area contributed by atoms with E-state index in [1.807, 2.05) is 62.4 Å². The summed E-state index contributed by atoms with van der Waals surface area (Å²) in [4.78, 5) is 25.9. The fourth-order valence-electron chi connectivity index (χ4n) is 3.07. The molecule has 8 nitrogen and oxygen atoms in total. The van der Waals surface area contributed by atoms with Crippen molar-refractivity contribution in [3.8, 4) is 5.69 Å². The van der Waals surface area contributed by atoms with E-state index in [9.17, 15) is 4.79 Å². The van der Waals surface area contributed by atoms with E-state index in [1.165, 1.54) is 4.57 Å². The summed E-state index contributed by atoms with van der Waals surface area (Å²) in [5.41, 5.74) is 15.0. The van der Waals surface area contributed by atoms with Gasteiger partial charge in [-0.2, -0.15) is 15.0 Å². The predicted molar refractivity (Wildman–Crippen MR) is 111 cm³/mol. The lowest BCUT2D eigenvalue weighted by atomic mass is 10.2. The SMILES string of the molecule is Cc1cccc(Nc2nc3nc(N)nc(N)c3c(=O)n2-c2cccc(C)c2)c1. The Labute approximate surface area is 160 Å². The second-order valence-corrected chi connectivity index (χ2v) is 6.58. The number of nitrogens with two attached hydrogens (primary N) is 2. The lowest BCUT2D eigenvalue weighted by Crippen LogP contribution is -2.24. The number of hydrogen-bond acceptors (Lipinski definition) is 7. The number of hydrogen-bond donors (Lipinski definition) is 3. The summed E-state index contributed by atoms with van der Waals surface area (Å²) in [5, 5.41) is 3.34. The van der Waals surface area contributed by atoms with E-state index in [2.05, 4.69) is 20.3 Å². The summed E-state index contributed by atoms with van der Waals surface area (Å²) in [6, 6.07) is 15.3. The van der Waals surface area contributed by atoms with E-state index >= 15 is 0 Å². The highest BCUT2D eigenvalue weighted by atomic mass is 16.1. The Morgan fingerprint density at radius 1 is 0.929 bits per heavy atom. The van der Waals surface area contributed by atoms with Crippen molar-refractivity contribution < 1.29 is 0 Å². The number of nitrogens with zero attached hydrogens (tertiary/aromatic N) is 4. The Morgan fingerprint density at radius 3 is 2.36 bits per heavy atom. The van der Waals surface area contributed by atoms with Crippen LogP contribution in [0.1, 0.15) is 11.1 Å². The van der Waals surface area contributed by atoms with Crippen LogP contribution in [-0.2, 0) is 0 Å². The van der Waals surface area contributed by atoms with Gasteiger partial charge in [0.1, 0.15) is 11.2 Å². The van der Waals surface area contributed by atoms with Crippen molar-refractivity contribution in [2.75, 3.05) is 16.8 Å². The number of nitrogens with one attached hydrogen (secondary N) is 1. The summed E-state index contributed by atoms with van der Waals surface area (Å²) in [5.74, 6) is 0.279. The Bertz CT molecular complexity index is 1260. The molecule has 0 spiro atoms. The molecule has 0 aliphatic rings. The van der Waals surface area contributed by atoms with Crippen molar-refractivity contribution in [2.45, 2.75) is 13.8 Å². The van der Waals surface area contributed by atoms with E-state index in [0.717, 1.165) is 16.8 Å². The fourth-order valence-corrected chi connectivity index (χ4v) is 3.07. The fraction of sp³-hybridized carbons (Fsp3) is 0.100. The first-order valence-corrected chi connectivity index (χ1v) is 8.69. The molecule has 2 heterocycles. The van der Waals surface area contributed by atoms with Crippen LogP contribution in [0.25, 0.3) is 16.7 Å². The van der Waals surface area contributed by atoms with Crippen LogP contribution in [0.2, 0.25) is 0 Å². The van der Waals surface area contributed by atoms with Gasteiger partial charge in [-0.1, -0.05) is 24.3 Å². The van der Waals surface area contributed by atoms with Gasteiger partial charge < -0.3 is 16.8 Å². The number of anilines is 4. The van der Waals surface area contributed by atoms with Gasteiger partial charge in [0.15, 0.2) is 5.65 Å². The molecule has 4 rings (SSSR count). The summed E-state index contributed by atoms with van der Waals surface area (Å²) in [6.45, 7) is 3.94. The number of rotatable bonds is 3. The molecule has 140 valence electrons. The third kappa shape index (κ3) is 3.11. The van der Waals surface area contributed by atoms with Crippen LogP contribution in [0.4, 0.5) is 23.4 Å². The van der Waals surface area contributed by atoms with E-state index in [-0.39, 0.29) is 28.4 Å². The normalized spacial score (nSPS) is 10.9. The Balaban J connectivity index is 2.03. The zero-order valence-electron chi connectivity index (χ0n) is 15.5.